The lowest BCUT2D eigenvalue weighted by molar-refractivity contribution is -0.145. The van der Waals surface area contributed by atoms with Crippen LogP contribution >= 0.6 is 46.4 Å². The third-order valence-electron chi connectivity index (χ3n) is 2.71. The van der Waals surface area contributed by atoms with Gasteiger partial charge >= 0.3 is 5.97 Å². The van der Waals surface area contributed by atoms with E-state index < -0.39 is 9.76 Å². The fourth-order valence-corrected chi connectivity index (χ4v) is 2.13. The Morgan fingerprint density at radius 1 is 1.28 bits per heavy atom. The average Bonchev–Trinajstić information content (AvgIpc) is 3.01. The van der Waals surface area contributed by atoms with Crippen LogP contribution in [-0.2, 0) is 13.3 Å². The fourth-order valence-electron chi connectivity index (χ4n) is 1.66. The van der Waals surface area contributed by atoms with E-state index in [-0.39, 0.29) is 25.0 Å². The Labute approximate surface area is 163 Å². The summed E-state index contributed by atoms with van der Waals surface area (Å²) in [6, 6.07) is 5.00. The smallest absolute Gasteiger partial charge is 0.344 e. The van der Waals surface area contributed by atoms with Crippen molar-refractivity contribution < 1.29 is 18.7 Å². The maximum Gasteiger partial charge on any atom is 0.344 e. The molecule has 0 saturated carbocycles. The van der Waals surface area contributed by atoms with Gasteiger partial charge < -0.3 is 13.9 Å². The topological polar surface area (TPSA) is 74.5 Å². The Morgan fingerprint density at radius 2 is 2.04 bits per heavy atom. The Bertz CT molecular complexity index is 771. The predicted octanol–water partition coefficient (Wildman–Crippen LogP) is 4.66. The fraction of sp³-hybridized carbons (Fsp3) is 0.267. The predicted molar refractivity (Wildman–Crippen MR) is 96.0 cm³/mol. The molecular formula is C15H12Cl4N2O4. The molecular weight excluding hydrogens is 414 g/mol. The number of alkyl halides is 3. The summed E-state index contributed by atoms with van der Waals surface area (Å²) in [7, 11) is 0. The molecule has 6 nitrogen and oxygen atoms in total. The van der Waals surface area contributed by atoms with Gasteiger partial charge in [0.2, 0.25) is 5.89 Å². The maximum absolute atomic E-state index is 11.3. The molecule has 1 heterocycles. The first kappa shape index (κ1) is 19.8. The molecule has 134 valence electrons. The number of halogens is 4. The molecule has 0 bridgehead atoms. The second-order valence-electron chi connectivity index (χ2n) is 4.56. The highest BCUT2D eigenvalue weighted by molar-refractivity contribution is 6.66. The van der Waals surface area contributed by atoms with Crippen LogP contribution in [0.25, 0.3) is 12.2 Å². The molecule has 0 fully saturated rings. The lowest BCUT2D eigenvalue weighted by Crippen LogP contribution is -2.14. The highest BCUT2D eigenvalue weighted by Crippen LogP contribution is 2.37. The third kappa shape index (κ3) is 6.08. The molecule has 0 radical (unpaired) electrons. The maximum atomic E-state index is 11.3. The van der Waals surface area contributed by atoms with Gasteiger partial charge in [0, 0.05) is 6.08 Å². The Hall–Kier alpha value is -1.47. The van der Waals surface area contributed by atoms with Crippen LogP contribution in [0.4, 0.5) is 0 Å². The standard InChI is InChI=1S/C15H12Cl4N2O4/c1-2-23-13(22)8-24-11-5-3-9(7-10(11)16)4-6-12-20-21-14(25-12)15(17,18)19/h3-7H,2,8H2,1H3. The SMILES string of the molecule is CCOC(=O)COc1ccc(C=Cc2nnc(C(Cl)(Cl)Cl)o2)cc1Cl. The van der Waals surface area contributed by atoms with Gasteiger partial charge in [-0.2, -0.15) is 0 Å². The van der Waals surface area contributed by atoms with Crippen LogP contribution in [0.1, 0.15) is 24.3 Å². The number of ether oxygens (including phenoxy) is 2. The largest absolute Gasteiger partial charge is 0.480 e. The van der Waals surface area contributed by atoms with E-state index in [1.54, 1.807) is 31.2 Å². The highest BCUT2D eigenvalue weighted by Gasteiger charge is 2.29. The number of hydrogen-bond donors (Lipinski definition) is 0. The highest BCUT2D eigenvalue weighted by atomic mass is 35.6. The van der Waals surface area contributed by atoms with Crippen molar-refractivity contribution in [1.82, 2.24) is 10.2 Å². The van der Waals surface area contributed by atoms with Gasteiger partial charge in [-0.25, -0.2) is 4.79 Å². The van der Waals surface area contributed by atoms with Crippen molar-refractivity contribution in [2.45, 2.75) is 10.7 Å². The lowest BCUT2D eigenvalue weighted by Gasteiger charge is -2.07. The van der Waals surface area contributed by atoms with Crippen molar-refractivity contribution >= 4 is 64.5 Å². The van der Waals surface area contributed by atoms with Crippen LogP contribution in [0.3, 0.4) is 0 Å². The van der Waals surface area contributed by atoms with Gasteiger partial charge in [-0.3, -0.25) is 0 Å². The van der Waals surface area contributed by atoms with Crippen LogP contribution in [0.2, 0.25) is 5.02 Å². The molecule has 1 aromatic heterocycles. The zero-order chi connectivity index (χ0) is 18.4. The molecule has 10 heteroatoms. The molecule has 0 N–H and O–H groups in total. The first-order chi connectivity index (χ1) is 11.8. The van der Waals surface area contributed by atoms with Gasteiger partial charge in [0.25, 0.3) is 9.68 Å². The molecule has 1 aromatic carbocycles. The normalized spacial score (nSPS) is 11.7. The first-order valence-electron chi connectivity index (χ1n) is 6.96. The average molecular weight is 426 g/mol. The van der Waals surface area contributed by atoms with Gasteiger partial charge in [-0.1, -0.05) is 52.5 Å². The number of carbonyl (C=O) groups excluding carboxylic acids is 1. The lowest BCUT2D eigenvalue weighted by atomic mass is 10.2. The number of esters is 1. The molecule has 0 aliphatic heterocycles. The summed E-state index contributed by atoms with van der Waals surface area (Å²) in [6.07, 6.45) is 3.22. The van der Waals surface area contributed by atoms with Gasteiger partial charge in [0.05, 0.1) is 11.6 Å². The molecule has 0 atom stereocenters. The summed E-state index contributed by atoms with van der Waals surface area (Å²) in [6.45, 7) is 1.78. The van der Waals surface area contributed by atoms with Crippen LogP contribution in [-0.4, -0.2) is 29.4 Å². The summed E-state index contributed by atoms with van der Waals surface area (Å²) < 4.78 is 13.5. The van der Waals surface area contributed by atoms with Gasteiger partial charge in [-0.05, 0) is 30.7 Å². The summed E-state index contributed by atoms with van der Waals surface area (Å²) in [5.41, 5.74) is 0.738. The van der Waals surface area contributed by atoms with Crippen LogP contribution in [0.5, 0.6) is 5.75 Å². The summed E-state index contributed by atoms with van der Waals surface area (Å²) in [5, 5.41) is 7.70. The van der Waals surface area contributed by atoms with Crippen molar-refractivity contribution in [3.8, 4) is 5.75 Å². The second kappa shape index (κ2) is 8.76. The molecule has 0 amide bonds. The third-order valence-corrected chi connectivity index (χ3v) is 3.49. The van der Waals surface area contributed by atoms with Crippen LogP contribution < -0.4 is 4.74 Å². The van der Waals surface area contributed by atoms with Crippen LogP contribution in [0.15, 0.2) is 22.6 Å². The molecule has 0 saturated heterocycles. The van der Waals surface area contributed by atoms with Gasteiger partial charge in [-0.15, -0.1) is 10.2 Å². The number of benzene rings is 1. The molecule has 25 heavy (non-hydrogen) atoms. The molecule has 0 spiro atoms. The van der Waals surface area contributed by atoms with E-state index in [1.807, 2.05) is 0 Å². The zero-order valence-electron chi connectivity index (χ0n) is 12.8. The molecule has 0 unspecified atom stereocenters. The Balaban J connectivity index is 2.02. The molecule has 2 aromatic rings. The number of nitrogens with zero attached hydrogens (tertiary/aromatic N) is 2. The minimum atomic E-state index is -1.78. The number of aromatic nitrogens is 2. The molecule has 0 aliphatic carbocycles. The van der Waals surface area contributed by atoms with E-state index in [4.69, 9.17) is 60.3 Å². The molecule has 0 aliphatic rings. The van der Waals surface area contributed by atoms with Crippen molar-refractivity contribution in [2.24, 2.45) is 0 Å². The van der Waals surface area contributed by atoms with Crippen LogP contribution in [0, 0.1) is 0 Å². The minimum absolute atomic E-state index is 0.127. The summed E-state index contributed by atoms with van der Waals surface area (Å²) >= 11 is 23.1. The number of hydrogen-bond acceptors (Lipinski definition) is 6. The van der Waals surface area contributed by atoms with E-state index in [1.165, 1.54) is 6.08 Å². The van der Waals surface area contributed by atoms with E-state index >= 15 is 0 Å². The quantitative estimate of drug-likeness (QED) is 0.494. The monoisotopic (exact) mass is 424 g/mol. The van der Waals surface area contributed by atoms with Gasteiger partial charge in [0.15, 0.2) is 6.61 Å². The zero-order valence-corrected chi connectivity index (χ0v) is 15.9. The van der Waals surface area contributed by atoms with Crippen molar-refractivity contribution in [2.75, 3.05) is 13.2 Å². The van der Waals surface area contributed by atoms with Crippen molar-refractivity contribution in [3.63, 3.8) is 0 Å². The van der Waals surface area contributed by atoms with E-state index in [2.05, 4.69) is 10.2 Å². The summed E-state index contributed by atoms with van der Waals surface area (Å²) in [4.78, 5) is 11.3. The van der Waals surface area contributed by atoms with E-state index in [0.717, 1.165) is 5.56 Å². The van der Waals surface area contributed by atoms with E-state index in [9.17, 15) is 4.79 Å². The number of rotatable bonds is 6. The number of carbonyl (C=O) groups is 1. The van der Waals surface area contributed by atoms with Gasteiger partial charge in [0.1, 0.15) is 5.75 Å². The second-order valence-corrected chi connectivity index (χ2v) is 7.25. The molecule has 2 rings (SSSR count). The minimum Gasteiger partial charge on any atom is -0.480 e. The van der Waals surface area contributed by atoms with Crippen molar-refractivity contribution in [3.05, 3.63) is 40.6 Å². The Morgan fingerprint density at radius 3 is 2.64 bits per heavy atom. The summed E-state index contributed by atoms with van der Waals surface area (Å²) in [5.74, 6) is -0.0650. The van der Waals surface area contributed by atoms with Crippen molar-refractivity contribution in [1.29, 1.82) is 0 Å². The Kier molecular flexibility index (Phi) is 6.95. The van der Waals surface area contributed by atoms with E-state index in [0.29, 0.717) is 10.8 Å². The first-order valence-corrected chi connectivity index (χ1v) is 8.47.